The lowest BCUT2D eigenvalue weighted by atomic mass is 9.84. The van der Waals surface area contributed by atoms with Gasteiger partial charge >= 0.3 is 0 Å². The molecule has 0 N–H and O–H groups in total. The lowest BCUT2D eigenvalue weighted by molar-refractivity contribution is -0.133. The molecule has 0 saturated carbocycles. The molecule has 1 aliphatic heterocycles. The van der Waals surface area contributed by atoms with Crippen molar-refractivity contribution in [1.29, 1.82) is 0 Å². The zero-order chi connectivity index (χ0) is 22.5. The number of hydrogen-bond donors (Lipinski definition) is 0. The number of amides is 2. The Labute approximate surface area is 186 Å². The average Bonchev–Trinajstić information content (AvgIpc) is 2.77. The van der Waals surface area contributed by atoms with Gasteiger partial charge in [0.1, 0.15) is 11.6 Å². The lowest BCUT2D eigenvalue weighted by Crippen LogP contribution is -2.48. The van der Waals surface area contributed by atoms with E-state index >= 15 is 0 Å². The number of likely N-dealkylation sites (N-methyl/N-ethyl adjacent to an activating group) is 1. The SMILES string of the molecule is CCC(=O)N(C)C(Cc1ccc(F)cc1F)C1CCN(C(=O)c2cccc(Cl)c2)CC1. The minimum atomic E-state index is -0.622. The Morgan fingerprint density at radius 3 is 2.48 bits per heavy atom. The highest BCUT2D eigenvalue weighted by atomic mass is 35.5. The van der Waals surface area contributed by atoms with Crippen molar-refractivity contribution in [2.75, 3.05) is 20.1 Å². The Morgan fingerprint density at radius 1 is 1.16 bits per heavy atom. The first-order valence-corrected chi connectivity index (χ1v) is 10.9. The fourth-order valence-electron chi connectivity index (χ4n) is 4.26. The Hall–Kier alpha value is -2.47. The van der Waals surface area contributed by atoms with Crippen LogP contribution in [0.1, 0.15) is 42.1 Å². The third kappa shape index (κ3) is 5.62. The highest BCUT2D eigenvalue weighted by Crippen LogP contribution is 2.28. The van der Waals surface area contributed by atoms with Crippen LogP contribution in [0.4, 0.5) is 8.78 Å². The van der Waals surface area contributed by atoms with Gasteiger partial charge in [0.05, 0.1) is 0 Å². The third-order valence-corrected chi connectivity index (χ3v) is 6.32. The van der Waals surface area contributed by atoms with Crippen molar-refractivity contribution in [2.24, 2.45) is 5.92 Å². The zero-order valence-corrected chi connectivity index (χ0v) is 18.5. The van der Waals surface area contributed by atoms with Gasteiger partial charge in [-0.25, -0.2) is 8.78 Å². The first kappa shape index (κ1) is 23.2. The molecule has 0 radical (unpaired) electrons. The molecule has 0 aromatic heterocycles. The largest absolute Gasteiger partial charge is 0.342 e. The van der Waals surface area contributed by atoms with Crippen molar-refractivity contribution in [3.05, 3.63) is 70.2 Å². The van der Waals surface area contributed by atoms with E-state index in [2.05, 4.69) is 0 Å². The quantitative estimate of drug-likeness (QED) is 0.627. The van der Waals surface area contributed by atoms with Gasteiger partial charge in [0, 0.05) is 49.3 Å². The number of piperidine rings is 1. The number of carbonyl (C=O) groups excluding carboxylic acids is 2. The number of nitrogens with zero attached hydrogens (tertiary/aromatic N) is 2. The summed E-state index contributed by atoms with van der Waals surface area (Å²) in [6.45, 7) is 2.89. The average molecular weight is 449 g/mol. The topological polar surface area (TPSA) is 40.6 Å². The molecule has 2 aromatic carbocycles. The maximum Gasteiger partial charge on any atom is 0.253 e. The molecule has 1 atom stereocenters. The Morgan fingerprint density at radius 2 is 1.87 bits per heavy atom. The summed E-state index contributed by atoms with van der Waals surface area (Å²) in [4.78, 5) is 28.7. The van der Waals surface area contributed by atoms with E-state index in [4.69, 9.17) is 11.6 Å². The van der Waals surface area contributed by atoms with Crippen molar-refractivity contribution in [3.63, 3.8) is 0 Å². The van der Waals surface area contributed by atoms with E-state index < -0.39 is 11.6 Å². The van der Waals surface area contributed by atoms with Gasteiger partial charge in [-0.2, -0.15) is 0 Å². The monoisotopic (exact) mass is 448 g/mol. The van der Waals surface area contributed by atoms with E-state index in [1.807, 2.05) is 0 Å². The van der Waals surface area contributed by atoms with Gasteiger partial charge in [0.15, 0.2) is 0 Å². The first-order valence-electron chi connectivity index (χ1n) is 10.5. The van der Waals surface area contributed by atoms with Crippen LogP contribution in [0.2, 0.25) is 5.02 Å². The molecule has 31 heavy (non-hydrogen) atoms. The van der Waals surface area contributed by atoms with Gasteiger partial charge in [-0.05, 0) is 55.0 Å². The van der Waals surface area contributed by atoms with Gasteiger partial charge in [-0.3, -0.25) is 9.59 Å². The molecule has 3 rings (SSSR count). The van der Waals surface area contributed by atoms with Gasteiger partial charge in [-0.1, -0.05) is 30.7 Å². The van der Waals surface area contributed by atoms with Crippen LogP contribution in [0.3, 0.4) is 0 Å². The van der Waals surface area contributed by atoms with E-state index in [0.717, 1.165) is 6.07 Å². The van der Waals surface area contributed by atoms with Crippen LogP contribution in [-0.4, -0.2) is 47.8 Å². The van der Waals surface area contributed by atoms with Crippen molar-refractivity contribution in [2.45, 2.75) is 38.6 Å². The third-order valence-electron chi connectivity index (χ3n) is 6.08. The summed E-state index contributed by atoms with van der Waals surface area (Å²) >= 11 is 6.01. The molecule has 2 aromatic rings. The van der Waals surface area contributed by atoms with Crippen LogP contribution in [0, 0.1) is 17.6 Å². The van der Waals surface area contributed by atoms with Crippen LogP contribution in [-0.2, 0) is 11.2 Å². The van der Waals surface area contributed by atoms with Gasteiger partial charge < -0.3 is 9.80 Å². The zero-order valence-electron chi connectivity index (χ0n) is 17.8. The molecular weight excluding hydrogens is 422 g/mol. The van der Waals surface area contributed by atoms with Crippen LogP contribution >= 0.6 is 11.6 Å². The Balaban J connectivity index is 1.73. The molecule has 2 amide bonds. The molecule has 0 aliphatic carbocycles. The van der Waals surface area contributed by atoms with E-state index in [1.54, 1.807) is 48.0 Å². The minimum absolute atomic E-state index is 0.0232. The lowest BCUT2D eigenvalue weighted by Gasteiger charge is -2.40. The smallest absolute Gasteiger partial charge is 0.253 e. The molecular formula is C24H27ClF2N2O2. The molecule has 7 heteroatoms. The highest BCUT2D eigenvalue weighted by Gasteiger charge is 2.33. The second-order valence-corrected chi connectivity index (χ2v) is 8.44. The number of hydrogen-bond acceptors (Lipinski definition) is 2. The van der Waals surface area contributed by atoms with Crippen molar-refractivity contribution in [1.82, 2.24) is 9.80 Å². The summed E-state index contributed by atoms with van der Waals surface area (Å²) in [7, 11) is 1.74. The summed E-state index contributed by atoms with van der Waals surface area (Å²) in [5.41, 5.74) is 0.939. The maximum atomic E-state index is 14.3. The first-order chi connectivity index (χ1) is 14.8. The fourth-order valence-corrected chi connectivity index (χ4v) is 4.45. The summed E-state index contributed by atoms with van der Waals surface area (Å²) in [5.74, 6) is -1.21. The van der Waals surface area contributed by atoms with Crippen LogP contribution in [0.15, 0.2) is 42.5 Å². The molecule has 0 bridgehead atoms. The Bertz CT molecular complexity index is 945. The normalized spacial score (nSPS) is 15.6. The summed E-state index contributed by atoms with van der Waals surface area (Å²) in [6.07, 6.45) is 2.05. The van der Waals surface area contributed by atoms with Crippen LogP contribution in [0.5, 0.6) is 0 Å². The number of benzene rings is 2. The van der Waals surface area contributed by atoms with E-state index in [0.29, 0.717) is 54.9 Å². The molecule has 4 nitrogen and oxygen atoms in total. The van der Waals surface area contributed by atoms with Gasteiger partial charge in [0.25, 0.3) is 5.91 Å². The predicted molar refractivity (Wildman–Crippen MR) is 117 cm³/mol. The minimum Gasteiger partial charge on any atom is -0.342 e. The molecule has 1 fully saturated rings. The molecule has 1 aliphatic rings. The van der Waals surface area contributed by atoms with E-state index in [9.17, 15) is 18.4 Å². The van der Waals surface area contributed by atoms with Crippen LogP contribution < -0.4 is 0 Å². The van der Waals surface area contributed by atoms with Crippen molar-refractivity contribution >= 4 is 23.4 Å². The predicted octanol–water partition coefficient (Wildman–Crippen LogP) is 4.95. The standard InChI is InChI=1S/C24H27ClF2N2O2/c1-3-23(30)28(2)22(14-17-7-8-20(26)15-21(17)27)16-9-11-29(12-10-16)24(31)18-5-4-6-19(25)13-18/h4-8,13,15-16,22H,3,9-12,14H2,1-2H3. The van der Waals surface area contributed by atoms with Gasteiger partial charge in [0.2, 0.25) is 5.91 Å². The van der Waals surface area contributed by atoms with Crippen molar-refractivity contribution < 1.29 is 18.4 Å². The Kier molecular flexibility index (Phi) is 7.65. The second-order valence-electron chi connectivity index (χ2n) is 8.01. The van der Waals surface area contributed by atoms with Crippen molar-refractivity contribution in [3.8, 4) is 0 Å². The highest BCUT2D eigenvalue weighted by molar-refractivity contribution is 6.30. The molecule has 166 valence electrons. The number of carbonyl (C=O) groups is 2. The molecule has 1 heterocycles. The molecule has 0 spiro atoms. The number of rotatable bonds is 6. The summed E-state index contributed by atoms with van der Waals surface area (Å²) in [5, 5.41) is 0.516. The maximum absolute atomic E-state index is 14.3. The van der Waals surface area contributed by atoms with E-state index in [1.165, 1.54) is 12.1 Å². The van der Waals surface area contributed by atoms with Gasteiger partial charge in [-0.15, -0.1) is 0 Å². The molecule has 1 saturated heterocycles. The number of likely N-dealkylation sites (tertiary alicyclic amines) is 1. The second kappa shape index (κ2) is 10.2. The summed E-state index contributed by atoms with van der Waals surface area (Å²) in [6, 6.07) is 10.2. The summed E-state index contributed by atoms with van der Waals surface area (Å²) < 4.78 is 27.6. The molecule has 1 unspecified atom stereocenters. The fraction of sp³-hybridized carbons (Fsp3) is 0.417. The van der Waals surface area contributed by atoms with Crippen LogP contribution in [0.25, 0.3) is 0 Å². The number of halogens is 3. The van der Waals surface area contributed by atoms with E-state index in [-0.39, 0.29) is 23.8 Å².